The Morgan fingerprint density at radius 1 is 1.17 bits per heavy atom. The molecule has 2 aromatic rings. The summed E-state index contributed by atoms with van der Waals surface area (Å²) in [6.07, 6.45) is 0. The summed E-state index contributed by atoms with van der Waals surface area (Å²) in [7, 11) is 0. The van der Waals surface area contributed by atoms with Crippen molar-refractivity contribution in [2.24, 2.45) is 5.73 Å². The van der Waals surface area contributed by atoms with Gasteiger partial charge in [0.25, 0.3) is 5.91 Å². The van der Waals surface area contributed by atoms with E-state index < -0.39 is 5.91 Å². The van der Waals surface area contributed by atoms with Gasteiger partial charge in [0.05, 0.1) is 0 Å². The van der Waals surface area contributed by atoms with Crippen molar-refractivity contribution >= 4 is 29.1 Å². The lowest BCUT2D eigenvalue weighted by Gasteiger charge is -2.10. The predicted molar refractivity (Wildman–Crippen MR) is 90.0 cm³/mol. The van der Waals surface area contributed by atoms with Gasteiger partial charge in [0, 0.05) is 16.3 Å². The fourth-order valence-corrected chi connectivity index (χ4v) is 2.19. The molecule has 0 saturated carbocycles. The molecule has 0 aromatic heterocycles. The number of nitrogens with one attached hydrogen (secondary N) is 1. The van der Waals surface area contributed by atoms with Crippen molar-refractivity contribution in [1.82, 2.24) is 0 Å². The van der Waals surface area contributed by atoms with Gasteiger partial charge in [0.15, 0.2) is 6.61 Å². The van der Waals surface area contributed by atoms with Gasteiger partial charge in [-0.25, -0.2) is 0 Å². The number of primary amides is 1. The summed E-state index contributed by atoms with van der Waals surface area (Å²) in [6.45, 7) is 3.59. The molecule has 0 bridgehead atoms. The van der Waals surface area contributed by atoms with Crippen LogP contribution in [0.3, 0.4) is 0 Å². The lowest BCUT2D eigenvalue weighted by atomic mass is 10.1. The van der Waals surface area contributed by atoms with Crippen LogP contribution in [-0.4, -0.2) is 18.4 Å². The quantitative estimate of drug-likeness (QED) is 0.882. The molecule has 6 heteroatoms. The van der Waals surface area contributed by atoms with E-state index in [4.69, 9.17) is 22.1 Å². The van der Waals surface area contributed by atoms with Gasteiger partial charge in [0.2, 0.25) is 5.91 Å². The first kappa shape index (κ1) is 16.8. The number of hydrogen-bond acceptors (Lipinski definition) is 3. The number of amides is 2. The SMILES string of the molecule is Cc1cc(OCC(=O)Nc2cccc(C(N)=O)c2)cc(C)c1Cl. The van der Waals surface area contributed by atoms with Crippen molar-refractivity contribution in [3.8, 4) is 5.75 Å². The van der Waals surface area contributed by atoms with Crippen molar-refractivity contribution < 1.29 is 14.3 Å². The summed E-state index contributed by atoms with van der Waals surface area (Å²) in [6, 6.07) is 9.95. The molecule has 5 nitrogen and oxygen atoms in total. The molecular weight excluding hydrogens is 316 g/mol. The van der Waals surface area contributed by atoms with Crippen LogP contribution in [-0.2, 0) is 4.79 Å². The van der Waals surface area contributed by atoms with Crippen LogP contribution in [0.1, 0.15) is 21.5 Å². The molecule has 3 N–H and O–H groups in total. The number of carbonyl (C=O) groups is 2. The van der Waals surface area contributed by atoms with Gasteiger partial charge in [-0.2, -0.15) is 0 Å². The largest absolute Gasteiger partial charge is 0.484 e. The van der Waals surface area contributed by atoms with Crippen LogP contribution in [0.15, 0.2) is 36.4 Å². The van der Waals surface area contributed by atoms with Crippen molar-refractivity contribution in [3.63, 3.8) is 0 Å². The molecule has 0 fully saturated rings. The Hall–Kier alpha value is -2.53. The number of benzene rings is 2. The van der Waals surface area contributed by atoms with Crippen LogP contribution < -0.4 is 15.8 Å². The van der Waals surface area contributed by atoms with Crippen molar-refractivity contribution in [2.45, 2.75) is 13.8 Å². The molecule has 0 aliphatic heterocycles. The Morgan fingerprint density at radius 2 is 1.83 bits per heavy atom. The Morgan fingerprint density at radius 3 is 2.43 bits per heavy atom. The van der Waals surface area contributed by atoms with E-state index in [1.807, 2.05) is 13.8 Å². The molecule has 2 amide bonds. The molecule has 0 saturated heterocycles. The van der Waals surface area contributed by atoms with E-state index in [9.17, 15) is 9.59 Å². The van der Waals surface area contributed by atoms with Gasteiger partial charge < -0.3 is 15.8 Å². The van der Waals surface area contributed by atoms with E-state index in [1.165, 1.54) is 6.07 Å². The molecule has 0 aliphatic carbocycles. The fourth-order valence-electron chi connectivity index (χ4n) is 2.09. The Kier molecular flexibility index (Phi) is 5.24. The predicted octanol–water partition coefficient (Wildman–Crippen LogP) is 3.07. The second kappa shape index (κ2) is 7.15. The van der Waals surface area contributed by atoms with E-state index in [0.29, 0.717) is 22.0 Å². The zero-order valence-corrected chi connectivity index (χ0v) is 13.6. The number of rotatable bonds is 5. The maximum Gasteiger partial charge on any atom is 0.262 e. The van der Waals surface area contributed by atoms with E-state index in [1.54, 1.807) is 30.3 Å². The summed E-state index contributed by atoms with van der Waals surface area (Å²) in [5.41, 5.74) is 7.78. The van der Waals surface area contributed by atoms with Crippen molar-refractivity contribution in [2.75, 3.05) is 11.9 Å². The average Bonchev–Trinajstić information content (AvgIpc) is 2.50. The number of hydrogen-bond donors (Lipinski definition) is 2. The van der Waals surface area contributed by atoms with Crippen molar-refractivity contribution in [3.05, 3.63) is 58.1 Å². The van der Waals surface area contributed by atoms with Crippen LogP contribution in [0, 0.1) is 13.8 Å². The van der Waals surface area contributed by atoms with E-state index in [2.05, 4.69) is 5.32 Å². The standard InChI is InChI=1S/C17H17ClN2O3/c1-10-6-14(7-11(2)16(10)18)23-9-15(21)20-13-5-3-4-12(8-13)17(19)22/h3-8H,9H2,1-2H3,(H2,19,22)(H,20,21). The van der Waals surface area contributed by atoms with Gasteiger partial charge in [0.1, 0.15) is 5.75 Å². The van der Waals surface area contributed by atoms with Crippen LogP contribution >= 0.6 is 11.6 Å². The highest BCUT2D eigenvalue weighted by molar-refractivity contribution is 6.32. The molecular formula is C17H17ClN2O3. The first-order valence-electron chi connectivity index (χ1n) is 6.96. The van der Waals surface area contributed by atoms with Crippen molar-refractivity contribution in [1.29, 1.82) is 0 Å². The molecule has 120 valence electrons. The second-order valence-electron chi connectivity index (χ2n) is 5.15. The number of carbonyl (C=O) groups excluding carboxylic acids is 2. The molecule has 2 aromatic carbocycles. The minimum absolute atomic E-state index is 0.151. The monoisotopic (exact) mass is 332 g/mol. The van der Waals surface area contributed by atoms with Crippen LogP contribution in [0.5, 0.6) is 5.75 Å². The summed E-state index contributed by atoms with van der Waals surface area (Å²) in [5, 5.41) is 3.34. The third-order valence-electron chi connectivity index (χ3n) is 3.21. The normalized spacial score (nSPS) is 10.2. The van der Waals surface area contributed by atoms with Gasteiger partial charge in [-0.3, -0.25) is 9.59 Å². The molecule has 0 heterocycles. The Balaban J connectivity index is 1.98. The van der Waals surface area contributed by atoms with E-state index in [-0.39, 0.29) is 12.5 Å². The number of halogens is 1. The highest BCUT2D eigenvalue weighted by atomic mass is 35.5. The zero-order valence-electron chi connectivity index (χ0n) is 12.9. The lowest BCUT2D eigenvalue weighted by Crippen LogP contribution is -2.20. The number of nitrogens with two attached hydrogens (primary N) is 1. The van der Waals surface area contributed by atoms with Gasteiger partial charge in [-0.15, -0.1) is 0 Å². The number of aryl methyl sites for hydroxylation is 2. The van der Waals surface area contributed by atoms with Crippen LogP contribution in [0.25, 0.3) is 0 Å². The number of anilines is 1. The Labute approximate surface area is 139 Å². The van der Waals surface area contributed by atoms with E-state index >= 15 is 0 Å². The summed E-state index contributed by atoms with van der Waals surface area (Å²) in [4.78, 5) is 23.0. The minimum atomic E-state index is -0.551. The molecule has 0 radical (unpaired) electrons. The highest BCUT2D eigenvalue weighted by Gasteiger charge is 2.08. The molecule has 0 unspecified atom stereocenters. The maximum atomic E-state index is 11.9. The summed E-state index contributed by atoms with van der Waals surface area (Å²) < 4.78 is 5.47. The molecule has 2 rings (SSSR count). The highest BCUT2D eigenvalue weighted by Crippen LogP contribution is 2.25. The minimum Gasteiger partial charge on any atom is -0.484 e. The average molecular weight is 333 g/mol. The third-order valence-corrected chi connectivity index (χ3v) is 3.81. The summed E-state index contributed by atoms with van der Waals surface area (Å²) in [5.74, 6) is -0.313. The maximum absolute atomic E-state index is 11.9. The summed E-state index contributed by atoms with van der Waals surface area (Å²) >= 11 is 6.09. The molecule has 0 aliphatic rings. The van der Waals surface area contributed by atoms with E-state index in [0.717, 1.165) is 11.1 Å². The van der Waals surface area contributed by atoms with Gasteiger partial charge in [-0.1, -0.05) is 17.7 Å². The molecule has 0 atom stereocenters. The topological polar surface area (TPSA) is 81.4 Å². The molecule has 23 heavy (non-hydrogen) atoms. The Bertz CT molecular complexity index is 736. The molecule has 0 spiro atoms. The first-order valence-corrected chi connectivity index (χ1v) is 7.34. The zero-order chi connectivity index (χ0) is 17.0. The second-order valence-corrected chi connectivity index (χ2v) is 5.53. The smallest absolute Gasteiger partial charge is 0.262 e. The lowest BCUT2D eigenvalue weighted by molar-refractivity contribution is -0.118. The van der Waals surface area contributed by atoms with Gasteiger partial charge in [-0.05, 0) is 55.3 Å². The fraction of sp³-hybridized carbons (Fsp3) is 0.176. The first-order chi connectivity index (χ1) is 10.9. The number of ether oxygens (including phenoxy) is 1. The third kappa shape index (κ3) is 4.47. The van der Waals surface area contributed by atoms with Gasteiger partial charge >= 0.3 is 0 Å². The van der Waals surface area contributed by atoms with Crippen LogP contribution in [0.4, 0.5) is 5.69 Å². The van der Waals surface area contributed by atoms with Crippen LogP contribution in [0.2, 0.25) is 5.02 Å².